The smallest absolute Gasteiger partial charge is 0.244 e. The quantitative estimate of drug-likeness (QED) is 0.659. The van der Waals surface area contributed by atoms with Crippen LogP contribution in [-0.4, -0.2) is 5.91 Å². The Morgan fingerprint density at radius 2 is 1.92 bits per heavy atom. The minimum Gasteiger partial charge on any atom is -0.342 e. The van der Waals surface area contributed by atoms with Gasteiger partial charge in [-0.25, -0.2) is 0 Å². The third-order valence-electron chi connectivity index (χ3n) is 1.90. The van der Waals surface area contributed by atoms with Gasteiger partial charge in [0.1, 0.15) is 0 Å². The molecule has 0 aliphatic carbocycles. The van der Waals surface area contributed by atoms with E-state index in [9.17, 15) is 4.79 Å². The van der Waals surface area contributed by atoms with Crippen molar-refractivity contribution in [1.29, 1.82) is 0 Å². The van der Waals surface area contributed by atoms with Gasteiger partial charge in [-0.05, 0) is 5.56 Å². The highest BCUT2D eigenvalue weighted by Gasteiger charge is 2.14. The molecule has 0 spiro atoms. The highest BCUT2D eigenvalue weighted by molar-refractivity contribution is 5.90. The largest absolute Gasteiger partial charge is 0.342 e. The van der Waals surface area contributed by atoms with Crippen molar-refractivity contribution in [3.63, 3.8) is 0 Å². The van der Waals surface area contributed by atoms with Crippen molar-refractivity contribution in [1.82, 2.24) is 5.32 Å². The van der Waals surface area contributed by atoms with E-state index in [1.54, 1.807) is 6.08 Å². The van der Waals surface area contributed by atoms with E-state index in [4.69, 9.17) is 0 Å². The van der Waals surface area contributed by atoms with E-state index in [0.717, 1.165) is 5.56 Å². The molecule has 0 aromatic heterocycles. The number of carbonyl (C=O) groups is 1. The van der Waals surface area contributed by atoms with Gasteiger partial charge in [-0.2, -0.15) is 0 Å². The Kier molecular flexibility index (Phi) is 1.67. The van der Waals surface area contributed by atoms with Crippen molar-refractivity contribution in [3.8, 4) is 0 Å². The molecule has 1 aromatic rings. The van der Waals surface area contributed by atoms with E-state index < -0.39 is 0 Å². The molecule has 0 bridgehead atoms. The van der Waals surface area contributed by atoms with Gasteiger partial charge in [-0.1, -0.05) is 36.4 Å². The van der Waals surface area contributed by atoms with E-state index in [1.165, 1.54) is 0 Å². The number of carbonyl (C=O) groups excluding carboxylic acids is 1. The molecule has 1 aromatic carbocycles. The topological polar surface area (TPSA) is 29.1 Å². The number of benzene rings is 1. The molecule has 0 unspecified atom stereocenters. The fourth-order valence-corrected chi connectivity index (χ4v) is 1.29. The highest BCUT2D eigenvalue weighted by Crippen LogP contribution is 2.16. The normalized spacial score (nSPS) is 21.0. The zero-order valence-corrected chi connectivity index (χ0v) is 6.53. The lowest BCUT2D eigenvalue weighted by atomic mass is 10.1. The summed E-state index contributed by atoms with van der Waals surface area (Å²) in [5.41, 5.74) is 1.12. The summed E-state index contributed by atoms with van der Waals surface area (Å²) in [6, 6.07) is 9.96. The van der Waals surface area contributed by atoms with Crippen LogP contribution in [0.5, 0.6) is 0 Å². The number of rotatable bonds is 1. The second-order valence-corrected chi connectivity index (χ2v) is 2.76. The molecular formula is C10H9NO. The van der Waals surface area contributed by atoms with E-state index in [0.29, 0.717) is 0 Å². The van der Waals surface area contributed by atoms with Crippen molar-refractivity contribution >= 4 is 5.91 Å². The summed E-state index contributed by atoms with van der Waals surface area (Å²) in [5.74, 6) is -0.0103. The fourth-order valence-electron chi connectivity index (χ4n) is 1.29. The monoisotopic (exact) mass is 159 g/mol. The second-order valence-electron chi connectivity index (χ2n) is 2.76. The molecule has 1 atom stereocenters. The minimum atomic E-state index is -0.0103. The maximum absolute atomic E-state index is 10.8. The average Bonchev–Trinajstić information content (AvgIpc) is 2.54. The fraction of sp³-hybridized carbons (Fsp3) is 0.100. The summed E-state index contributed by atoms with van der Waals surface area (Å²) in [6.45, 7) is 0. The first-order valence-corrected chi connectivity index (χ1v) is 3.90. The van der Waals surface area contributed by atoms with Crippen LogP contribution in [0.15, 0.2) is 42.5 Å². The van der Waals surface area contributed by atoms with Crippen molar-refractivity contribution < 1.29 is 4.79 Å². The first-order valence-electron chi connectivity index (χ1n) is 3.90. The zero-order valence-electron chi connectivity index (χ0n) is 6.53. The number of hydrogen-bond acceptors (Lipinski definition) is 1. The molecule has 0 fully saturated rings. The molecule has 0 saturated heterocycles. The Bertz CT molecular complexity index is 316. The highest BCUT2D eigenvalue weighted by atomic mass is 16.1. The maximum atomic E-state index is 10.8. The van der Waals surface area contributed by atoms with Gasteiger partial charge < -0.3 is 5.32 Å². The molecule has 1 amide bonds. The van der Waals surface area contributed by atoms with Gasteiger partial charge >= 0.3 is 0 Å². The Labute approximate surface area is 70.9 Å². The molecule has 2 heteroatoms. The standard InChI is InChI=1S/C10H9NO/c12-10-7-6-9(11-10)8-4-2-1-3-5-8/h1-7,9H,(H,11,12)/t9-/m1/s1. The Morgan fingerprint density at radius 3 is 2.50 bits per heavy atom. The van der Waals surface area contributed by atoms with Crippen molar-refractivity contribution in [2.24, 2.45) is 0 Å². The van der Waals surface area contributed by atoms with Crippen molar-refractivity contribution in [2.75, 3.05) is 0 Å². The SMILES string of the molecule is O=C1C=C[C@H](c2ccccc2)N1. The number of nitrogens with one attached hydrogen (secondary N) is 1. The zero-order chi connectivity index (χ0) is 8.39. The van der Waals surface area contributed by atoms with E-state index in [2.05, 4.69) is 5.32 Å². The first kappa shape index (κ1) is 7.10. The molecule has 0 radical (unpaired) electrons. The van der Waals surface area contributed by atoms with Gasteiger partial charge in [-0.3, -0.25) is 4.79 Å². The van der Waals surface area contributed by atoms with Crippen LogP contribution in [0, 0.1) is 0 Å². The lowest BCUT2D eigenvalue weighted by Gasteiger charge is -2.07. The van der Waals surface area contributed by atoms with Crippen LogP contribution >= 0.6 is 0 Å². The van der Waals surface area contributed by atoms with Crippen molar-refractivity contribution in [3.05, 3.63) is 48.0 Å². The van der Waals surface area contributed by atoms with Gasteiger partial charge in [-0.15, -0.1) is 0 Å². The molecule has 0 saturated carbocycles. The summed E-state index contributed by atoms with van der Waals surface area (Å²) < 4.78 is 0. The van der Waals surface area contributed by atoms with Crippen LogP contribution in [0.2, 0.25) is 0 Å². The molecule has 1 heterocycles. The molecule has 60 valence electrons. The van der Waals surface area contributed by atoms with Crippen LogP contribution in [0.3, 0.4) is 0 Å². The van der Waals surface area contributed by atoms with Crippen LogP contribution in [-0.2, 0) is 4.79 Å². The van der Waals surface area contributed by atoms with Crippen LogP contribution < -0.4 is 5.32 Å². The molecule has 1 N–H and O–H groups in total. The third kappa shape index (κ3) is 1.23. The average molecular weight is 159 g/mol. The van der Waals surface area contributed by atoms with E-state index in [-0.39, 0.29) is 11.9 Å². The van der Waals surface area contributed by atoms with E-state index >= 15 is 0 Å². The molecule has 2 rings (SSSR count). The number of hydrogen-bond donors (Lipinski definition) is 1. The summed E-state index contributed by atoms with van der Waals surface area (Å²) in [5, 5.41) is 2.82. The summed E-state index contributed by atoms with van der Waals surface area (Å²) in [7, 11) is 0. The summed E-state index contributed by atoms with van der Waals surface area (Å²) >= 11 is 0. The van der Waals surface area contributed by atoms with Gasteiger partial charge in [0, 0.05) is 6.08 Å². The Morgan fingerprint density at radius 1 is 1.17 bits per heavy atom. The molecule has 2 nitrogen and oxygen atoms in total. The predicted molar refractivity (Wildman–Crippen MR) is 46.5 cm³/mol. The van der Waals surface area contributed by atoms with Gasteiger partial charge in [0.05, 0.1) is 6.04 Å². The summed E-state index contributed by atoms with van der Waals surface area (Å²) in [6.07, 6.45) is 3.44. The van der Waals surface area contributed by atoms with Crippen LogP contribution in [0.1, 0.15) is 11.6 Å². The Balaban J connectivity index is 2.23. The minimum absolute atomic E-state index is 0.0103. The molecule has 12 heavy (non-hydrogen) atoms. The van der Waals surface area contributed by atoms with Gasteiger partial charge in [0.25, 0.3) is 0 Å². The van der Waals surface area contributed by atoms with Crippen LogP contribution in [0.25, 0.3) is 0 Å². The lowest BCUT2D eigenvalue weighted by Crippen LogP contribution is -2.19. The third-order valence-corrected chi connectivity index (χ3v) is 1.90. The maximum Gasteiger partial charge on any atom is 0.244 e. The predicted octanol–water partition coefficient (Wildman–Crippen LogP) is 1.41. The molecular weight excluding hydrogens is 150 g/mol. The molecule has 1 aliphatic heterocycles. The van der Waals surface area contributed by atoms with Gasteiger partial charge in [0.15, 0.2) is 0 Å². The molecule has 1 aliphatic rings. The summed E-state index contributed by atoms with van der Waals surface area (Å²) in [4.78, 5) is 10.8. The second kappa shape index (κ2) is 2.81. The van der Waals surface area contributed by atoms with Gasteiger partial charge in [0.2, 0.25) is 5.91 Å². The van der Waals surface area contributed by atoms with Crippen molar-refractivity contribution in [2.45, 2.75) is 6.04 Å². The van der Waals surface area contributed by atoms with E-state index in [1.807, 2.05) is 36.4 Å². The first-order chi connectivity index (χ1) is 5.86. The number of amides is 1. The van der Waals surface area contributed by atoms with Crippen LogP contribution in [0.4, 0.5) is 0 Å². The Hall–Kier alpha value is -1.57. The lowest BCUT2D eigenvalue weighted by molar-refractivity contribution is -0.116.